The maximum Gasteiger partial charge on any atom is 0.252 e. The van der Waals surface area contributed by atoms with E-state index in [1.807, 2.05) is 32.3 Å². The third-order valence-corrected chi connectivity index (χ3v) is 6.45. The van der Waals surface area contributed by atoms with Crippen molar-refractivity contribution in [2.75, 3.05) is 46.3 Å². The average Bonchev–Trinajstić information content (AvgIpc) is 3.23. The van der Waals surface area contributed by atoms with E-state index in [0.29, 0.717) is 18.0 Å². The summed E-state index contributed by atoms with van der Waals surface area (Å²) in [4.78, 5) is 22.0. The van der Waals surface area contributed by atoms with E-state index >= 15 is 0 Å². The molecule has 0 unspecified atom stereocenters. The van der Waals surface area contributed by atoms with Crippen molar-refractivity contribution in [3.8, 4) is 11.5 Å². The fourth-order valence-corrected chi connectivity index (χ4v) is 4.57. The molecule has 2 aromatic carbocycles. The van der Waals surface area contributed by atoms with E-state index in [-0.39, 0.29) is 5.91 Å². The first-order chi connectivity index (χ1) is 15.3. The van der Waals surface area contributed by atoms with Crippen LogP contribution in [0, 0.1) is 13.8 Å². The van der Waals surface area contributed by atoms with Crippen LogP contribution in [-0.4, -0.2) is 57.2 Å². The number of hydrogen-bond acceptors (Lipinski definition) is 6. The number of thiazole rings is 1. The molecule has 0 aliphatic rings. The molecule has 0 atom stereocenters. The summed E-state index contributed by atoms with van der Waals surface area (Å²) in [6.45, 7) is 5.64. The minimum absolute atomic E-state index is 0.0899. The summed E-state index contributed by atoms with van der Waals surface area (Å²) < 4.78 is 11.8. The normalized spacial score (nSPS) is 11.5. The number of aromatic nitrogens is 1. The number of carbonyl (C=O) groups excluding carboxylic acids is 1. The number of benzene rings is 2. The van der Waals surface area contributed by atoms with Crippen LogP contribution < -0.4 is 14.4 Å². The molecule has 0 saturated heterocycles. The summed E-state index contributed by atoms with van der Waals surface area (Å²) in [5, 5.41) is 0.734. The lowest BCUT2D eigenvalue weighted by Crippen LogP contribution is -2.32. The van der Waals surface area contributed by atoms with E-state index in [2.05, 4.69) is 30.9 Å². The van der Waals surface area contributed by atoms with E-state index in [4.69, 9.17) is 14.5 Å². The Labute approximate surface area is 194 Å². The molecule has 0 saturated carbocycles. The molecule has 170 valence electrons. The Balaban J connectivity index is 1.90. The van der Waals surface area contributed by atoms with Crippen molar-refractivity contribution in [1.29, 1.82) is 0 Å². The number of carbonyl (C=O) groups is 1. The minimum Gasteiger partial charge on any atom is -0.493 e. The van der Waals surface area contributed by atoms with Crippen LogP contribution in [0.5, 0.6) is 11.5 Å². The Morgan fingerprint density at radius 2 is 1.75 bits per heavy atom. The van der Waals surface area contributed by atoms with Crippen LogP contribution >= 0.6 is 11.3 Å². The highest BCUT2D eigenvalue weighted by Crippen LogP contribution is 2.33. The van der Waals surface area contributed by atoms with Gasteiger partial charge in [0, 0.05) is 12.6 Å². The molecule has 0 fully saturated rings. The molecule has 0 N–H and O–H groups in total. The molecule has 1 aromatic heterocycles. The minimum atomic E-state index is -0.0899. The van der Waals surface area contributed by atoms with Gasteiger partial charge in [0.05, 0.1) is 24.4 Å². The third kappa shape index (κ3) is 5.47. The number of anilines is 1. The number of methoxy groups -OCH3 is 2. The summed E-state index contributed by atoms with van der Waals surface area (Å²) in [6, 6.07) is 9.76. The summed E-state index contributed by atoms with van der Waals surface area (Å²) in [6.07, 6.45) is 4.26. The summed E-state index contributed by atoms with van der Waals surface area (Å²) in [5.74, 6) is 1.19. The molecule has 0 bridgehead atoms. The topological polar surface area (TPSA) is 54.9 Å². The number of aryl methyl sites for hydroxylation is 2. The van der Waals surface area contributed by atoms with Crippen LogP contribution in [-0.2, 0) is 4.79 Å². The molecule has 3 rings (SSSR count). The molecule has 3 aromatic rings. The quantitative estimate of drug-likeness (QED) is 0.430. The zero-order valence-corrected chi connectivity index (χ0v) is 20.5. The van der Waals surface area contributed by atoms with E-state index < -0.39 is 0 Å². The maximum atomic E-state index is 13.3. The molecule has 0 spiro atoms. The molecule has 7 heteroatoms. The molecule has 6 nitrogen and oxygen atoms in total. The van der Waals surface area contributed by atoms with Crippen LogP contribution in [0.3, 0.4) is 0 Å². The van der Waals surface area contributed by atoms with Gasteiger partial charge in [-0.1, -0.05) is 29.5 Å². The Hall–Kier alpha value is -2.90. The number of ether oxygens (including phenoxy) is 2. The van der Waals surface area contributed by atoms with Gasteiger partial charge in [-0.3, -0.25) is 9.69 Å². The average molecular weight is 454 g/mol. The largest absolute Gasteiger partial charge is 0.493 e. The van der Waals surface area contributed by atoms with E-state index in [1.165, 1.54) is 5.56 Å². The fourth-order valence-electron chi connectivity index (χ4n) is 3.42. The molecular formula is C25H31N3O3S. The second-order valence-corrected chi connectivity index (χ2v) is 8.95. The first kappa shape index (κ1) is 23.8. The van der Waals surface area contributed by atoms with Crippen molar-refractivity contribution in [3.63, 3.8) is 0 Å². The van der Waals surface area contributed by atoms with Gasteiger partial charge in [0.15, 0.2) is 16.6 Å². The van der Waals surface area contributed by atoms with Crippen molar-refractivity contribution in [2.24, 2.45) is 0 Å². The smallest absolute Gasteiger partial charge is 0.252 e. The predicted octanol–water partition coefficient (Wildman–Crippen LogP) is 4.93. The van der Waals surface area contributed by atoms with Crippen LogP contribution in [0.25, 0.3) is 16.3 Å². The Bertz CT molecular complexity index is 1080. The second-order valence-electron chi connectivity index (χ2n) is 7.97. The number of rotatable bonds is 9. The molecule has 1 amide bonds. The monoisotopic (exact) mass is 453 g/mol. The molecule has 0 radical (unpaired) electrons. The summed E-state index contributed by atoms with van der Waals surface area (Å²) in [5.41, 5.74) is 4.13. The maximum absolute atomic E-state index is 13.3. The fraction of sp³-hybridized carbons (Fsp3) is 0.360. The van der Waals surface area contributed by atoms with Crippen LogP contribution in [0.15, 0.2) is 36.4 Å². The van der Waals surface area contributed by atoms with Gasteiger partial charge in [0.25, 0.3) is 5.91 Å². The summed E-state index contributed by atoms with van der Waals surface area (Å²) in [7, 11) is 7.27. The lowest BCUT2D eigenvalue weighted by molar-refractivity contribution is -0.114. The first-order valence-corrected chi connectivity index (χ1v) is 11.4. The van der Waals surface area contributed by atoms with Crippen LogP contribution in [0.4, 0.5) is 5.13 Å². The van der Waals surface area contributed by atoms with Gasteiger partial charge >= 0.3 is 0 Å². The van der Waals surface area contributed by atoms with E-state index in [9.17, 15) is 4.79 Å². The number of fused-ring (bicyclic) bond motifs is 1. The van der Waals surface area contributed by atoms with Gasteiger partial charge in [-0.25, -0.2) is 4.98 Å². The zero-order chi connectivity index (χ0) is 23.3. The van der Waals surface area contributed by atoms with Crippen molar-refractivity contribution in [3.05, 3.63) is 53.1 Å². The van der Waals surface area contributed by atoms with Crippen molar-refractivity contribution in [1.82, 2.24) is 9.88 Å². The third-order valence-electron chi connectivity index (χ3n) is 5.24. The number of amides is 1. The van der Waals surface area contributed by atoms with Crippen molar-refractivity contribution < 1.29 is 14.3 Å². The first-order valence-electron chi connectivity index (χ1n) is 10.6. The van der Waals surface area contributed by atoms with Gasteiger partial charge in [0.2, 0.25) is 0 Å². The van der Waals surface area contributed by atoms with Crippen molar-refractivity contribution >= 4 is 38.7 Å². The highest BCUT2D eigenvalue weighted by atomic mass is 32.1. The van der Waals surface area contributed by atoms with Gasteiger partial charge < -0.3 is 14.4 Å². The van der Waals surface area contributed by atoms with Gasteiger partial charge in [-0.2, -0.15) is 0 Å². The predicted molar refractivity (Wildman–Crippen MR) is 133 cm³/mol. The molecule has 32 heavy (non-hydrogen) atoms. The van der Waals surface area contributed by atoms with Gasteiger partial charge in [0.1, 0.15) is 0 Å². The second kappa shape index (κ2) is 10.6. The molecule has 0 aliphatic carbocycles. The van der Waals surface area contributed by atoms with Gasteiger partial charge in [-0.05, 0) is 75.8 Å². The number of nitrogens with zero attached hydrogens (tertiary/aromatic N) is 3. The molecule has 1 heterocycles. The van der Waals surface area contributed by atoms with Crippen molar-refractivity contribution in [2.45, 2.75) is 20.3 Å². The molecular weight excluding hydrogens is 422 g/mol. The number of hydrogen-bond donors (Lipinski definition) is 0. The Morgan fingerprint density at radius 1 is 1.03 bits per heavy atom. The SMILES string of the molecule is COc1ccc(C=CC(=O)N(CCCN(C)C)c2nc3c(C)ccc(C)c3s2)cc1OC. The Kier molecular flexibility index (Phi) is 7.88. The highest BCUT2D eigenvalue weighted by Gasteiger charge is 2.19. The lowest BCUT2D eigenvalue weighted by atomic mass is 10.1. The Morgan fingerprint density at radius 3 is 2.41 bits per heavy atom. The molecule has 0 aliphatic heterocycles. The van der Waals surface area contributed by atoms with Crippen LogP contribution in [0.2, 0.25) is 0 Å². The highest BCUT2D eigenvalue weighted by molar-refractivity contribution is 7.22. The van der Waals surface area contributed by atoms with Crippen LogP contribution in [0.1, 0.15) is 23.1 Å². The summed E-state index contributed by atoms with van der Waals surface area (Å²) >= 11 is 1.58. The van der Waals surface area contributed by atoms with Gasteiger partial charge in [-0.15, -0.1) is 0 Å². The van der Waals surface area contributed by atoms with E-state index in [1.54, 1.807) is 42.6 Å². The zero-order valence-electron chi connectivity index (χ0n) is 19.6. The standard InChI is InChI=1S/C25H31N3O3S/c1-17-8-9-18(2)24-23(17)26-25(32-24)28(15-7-14-27(3)4)22(29)13-11-19-10-12-20(30-5)21(16-19)31-6/h8-13,16H,7,14-15H2,1-6H3. The lowest BCUT2D eigenvalue weighted by Gasteiger charge is -2.19. The van der Waals surface area contributed by atoms with E-state index in [0.717, 1.165) is 39.4 Å².